The fourth-order valence-corrected chi connectivity index (χ4v) is 3.96. The van der Waals surface area contributed by atoms with Crippen LogP contribution in [0.1, 0.15) is 67.1 Å². The summed E-state index contributed by atoms with van der Waals surface area (Å²) in [7, 11) is 0. The molecule has 0 aromatic heterocycles. The lowest BCUT2D eigenvalue weighted by Crippen LogP contribution is -2.33. The molecule has 1 aromatic rings. The Labute approximate surface area is 202 Å². The van der Waals surface area contributed by atoms with E-state index in [-0.39, 0.29) is 25.0 Å². The van der Waals surface area contributed by atoms with Gasteiger partial charge in [0.2, 0.25) is 0 Å². The van der Waals surface area contributed by atoms with E-state index in [1.807, 2.05) is 58.9 Å². The summed E-state index contributed by atoms with van der Waals surface area (Å²) in [4.78, 5) is 32.4. The summed E-state index contributed by atoms with van der Waals surface area (Å²) in [6, 6.07) is 1.89. The quantitative estimate of drug-likeness (QED) is 0.317. The van der Waals surface area contributed by atoms with Gasteiger partial charge in [0.25, 0.3) is 5.91 Å². The molecular formula is C26H35ClN2O4. The number of ether oxygens (including phenoxy) is 1. The molecule has 0 spiro atoms. The van der Waals surface area contributed by atoms with Crippen LogP contribution in [0, 0.1) is 13.8 Å². The predicted molar refractivity (Wildman–Crippen MR) is 133 cm³/mol. The summed E-state index contributed by atoms with van der Waals surface area (Å²) in [6.07, 6.45) is 10.4. The van der Waals surface area contributed by atoms with Crippen molar-refractivity contribution in [3.63, 3.8) is 0 Å². The lowest BCUT2D eigenvalue weighted by atomic mass is 9.94. The third-order valence-electron chi connectivity index (χ3n) is 5.54. The first-order valence-electron chi connectivity index (χ1n) is 11.6. The number of esters is 1. The average molecular weight is 475 g/mol. The van der Waals surface area contributed by atoms with Crippen LogP contribution in [-0.4, -0.2) is 48.3 Å². The van der Waals surface area contributed by atoms with Gasteiger partial charge in [-0.05, 0) is 70.2 Å². The molecule has 1 atom stereocenters. The third kappa shape index (κ3) is 7.74. The van der Waals surface area contributed by atoms with E-state index in [4.69, 9.17) is 21.2 Å². The molecule has 1 aromatic carbocycles. The Morgan fingerprint density at radius 3 is 2.58 bits per heavy atom. The van der Waals surface area contributed by atoms with Crippen molar-refractivity contribution in [2.75, 3.05) is 19.7 Å². The molecule has 1 aliphatic rings. The first-order valence-corrected chi connectivity index (χ1v) is 11.9. The van der Waals surface area contributed by atoms with E-state index < -0.39 is 5.97 Å². The summed E-state index contributed by atoms with van der Waals surface area (Å²) >= 11 is 6.67. The Kier molecular flexibility index (Phi) is 10.7. The van der Waals surface area contributed by atoms with Gasteiger partial charge in [-0.2, -0.15) is 0 Å². The monoisotopic (exact) mass is 474 g/mol. The largest absolute Gasteiger partial charge is 0.459 e. The van der Waals surface area contributed by atoms with Crippen molar-refractivity contribution >= 4 is 29.2 Å². The highest BCUT2D eigenvalue weighted by molar-refractivity contribution is 6.33. The summed E-state index contributed by atoms with van der Waals surface area (Å²) < 4.78 is 5.71. The SMILES string of the molecule is CCN(CC)C(=O)CO/N=C1\C=CCC/C=C/C[C@@H](C)OC(=O)c2c(C)cc(C)c(Cl)c2C1. The number of allylic oxidation sites excluding steroid dienone is 3. The summed E-state index contributed by atoms with van der Waals surface area (Å²) in [6.45, 7) is 10.6. The van der Waals surface area contributed by atoms with E-state index >= 15 is 0 Å². The van der Waals surface area contributed by atoms with E-state index in [0.29, 0.717) is 41.4 Å². The van der Waals surface area contributed by atoms with Gasteiger partial charge in [-0.15, -0.1) is 0 Å². The van der Waals surface area contributed by atoms with Crippen LogP contribution in [0.4, 0.5) is 0 Å². The molecule has 0 bridgehead atoms. The number of hydrogen-bond donors (Lipinski definition) is 0. The third-order valence-corrected chi connectivity index (χ3v) is 6.07. The fraction of sp³-hybridized carbons (Fsp3) is 0.500. The minimum atomic E-state index is -0.400. The minimum Gasteiger partial charge on any atom is -0.459 e. The minimum absolute atomic E-state index is 0.123. The number of hydrogen-bond acceptors (Lipinski definition) is 5. The molecule has 6 nitrogen and oxygen atoms in total. The highest BCUT2D eigenvalue weighted by Crippen LogP contribution is 2.29. The Morgan fingerprint density at radius 1 is 1.18 bits per heavy atom. The number of nitrogens with zero attached hydrogens (tertiary/aromatic N) is 2. The Bertz CT molecular complexity index is 933. The van der Waals surface area contributed by atoms with Crippen LogP contribution in [-0.2, 0) is 20.8 Å². The molecule has 0 fully saturated rings. The number of amides is 1. The van der Waals surface area contributed by atoms with E-state index in [1.165, 1.54) is 0 Å². The van der Waals surface area contributed by atoms with Crippen LogP contribution in [0.25, 0.3) is 0 Å². The summed E-state index contributed by atoms with van der Waals surface area (Å²) in [5, 5.41) is 4.74. The second-order valence-electron chi connectivity index (χ2n) is 8.18. The summed E-state index contributed by atoms with van der Waals surface area (Å²) in [5.74, 6) is -0.523. The predicted octanol–water partition coefficient (Wildman–Crippen LogP) is 5.58. The molecule has 7 heteroatoms. The van der Waals surface area contributed by atoms with Crippen molar-refractivity contribution in [3.05, 3.63) is 57.6 Å². The van der Waals surface area contributed by atoms with Crippen molar-refractivity contribution in [2.24, 2.45) is 5.16 Å². The van der Waals surface area contributed by atoms with Crippen molar-refractivity contribution < 1.29 is 19.2 Å². The van der Waals surface area contributed by atoms with Gasteiger partial charge < -0.3 is 14.5 Å². The molecule has 0 aliphatic carbocycles. The van der Waals surface area contributed by atoms with E-state index in [0.717, 1.165) is 24.0 Å². The lowest BCUT2D eigenvalue weighted by molar-refractivity contribution is -0.135. The number of fused-ring (bicyclic) bond motifs is 1. The van der Waals surface area contributed by atoms with Crippen LogP contribution >= 0.6 is 11.6 Å². The standard InChI is InChI=1S/C26H35ClN2O4/c1-6-29(7-2)23(30)17-32-28-21-14-12-10-8-9-11-13-20(5)33-26(31)24-18(3)15-19(4)25(27)22(24)16-21/h9,11-12,14-15,20H,6-8,10,13,16-17H2,1-5H3/b11-9+,14-12?,28-21+/t20-/m1/s1. The first-order chi connectivity index (χ1) is 15.8. The molecule has 2 rings (SSSR count). The van der Waals surface area contributed by atoms with Crippen molar-refractivity contribution in [1.82, 2.24) is 4.90 Å². The smallest absolute Gasteiger partial charge is 0.339 e. The summed E-state index contributed by atoms with van der Waals surface area (Å²) in [5.41, 5.74) is 3.36. The Balaban J connectivity index is 2.42. The average Bonchev–Trinajstić information content (AvgIpc) is 2.76. The second-order valence-corrected chi connectivity index (χ2v) is 8.56. The van der Waals surface area contributed by atoms with Gasteiger partial charge in [-0.1, -0.05) is 41.1 Å². The second kappa shape index (κ2) is 13.2. The molecule has 180 valence electrons. The number of likely N-dealkylation sites (N-methyl/N-ethyl adjacent to an activating group) is 1. The molecule has 0 N–H and O–H groups in total. The van der Waals surface area contributed by atoms with E-state index in [1.54, 1.807) is 4.90 Å². The van der Waals surface area contributed by atoms with Gasteiger partial charge in [0, 0.05) is 31.0 Å². The number of carbonyl (C=O) groups excluding carboxylic acids is 2. The zero-order chi connectivity index (χ0) is 24.4. The normalized spacial score (nSPS) is 19.4. The number of cyclic esters (lactones) is 1. The van der Waals surface area contributed by atoms with E-state index in [9.17, 15) is 9.59 Å². The number of aryl methyl sites for hydroxylation is 2. The highest BCUT2D eigenvalue weighted by atomic mass is 35.5. The molecule has 1 aliphatic heterocycles. The van der Waals surface area contributed by atoms with Crippen molar-refractivity contribution in [3.8, 4) is 0 Å². The van der Waals surface area contributed by atoms with Crippen LogP contribution in [0.15, 0.2) is 35.5 Å². The molecule has 0 saturated heterocycles. The maximum Gasteiger partial charge on any atom is 0.339 e. The number of halogens is 1. The molecular weight excluding hydrogens is 440 g/mol. The number of rotatable bonds is 5. The maximum absolute atomic E-state index is 13.1. The zero-order valence-electron chi connectivity index (χ0n) is 20.3. The van der Waals surface area contributed by atoms with Gasteiger partial charge in [-0.25, -0.2) is 4.79 Å². The lowest BCUT2D eigenvalue weighted by Gasteiger charge is -2.19. The van der Waals surface area contributed by atoms with Crippen LogP contribution in [0.2, 0.25) is 5.02 Å². The molecule has 0 unspecified atom stereocenters. The maximum atomic E-state index is 13.1. The fourth-order valence-electron chi connectivity index (χ4n) is 3.74. The van der Waals surface area contributed by atoms with Crippen LogP contribution in [0.5, 0.6) is 0 Å². The van der Waals surface area contributed by atoms with Gasteiger partial charge in [0.1, 0.15) is 6.10 Å². The van der Waals surface area contributed by atoms with Gasteiger partial charge >= 0.3 is 5.97 Å². The number of benzene rings is 1. The van der Waals surface area contributed by atoms with Crippen molar-refractivity contribution in [1.29, 1.82) is 0 Å². The van der Waals surface area contributed by atoms with Gasteiger partial charge in [0.05, 0.1) is 11.3 Å². The van der Waals surface area contributed by atoms with Gasteiger partial charge in [0.15, 0.2) is 6.61 Å². The van der Waals surface area contributed by atoms with Crippen molar-refractivity contribution in [2.45, 2.75) is 66.4 Å². The van der Waals surface area contributed by atoms with E-state index in [2.05, 4.69) is 11.2 Å². The molecule has 33 heavy (non-hydrogen) atoms. The molecule has 0 saturated carbocycles. The van der Waals surface area contributed by atoms with Gasteiger partial charge in [-0.3, -0.25) is 4.79 Å². The number of carbonyl (C=O) groups is 2. The number of oxime groups is 1. The Morgan fingerprint density at radius 2 is 1.88 bits per heavy atom. The molecule has 1 amide bonds. The highest BCUT2D eigenvalue weighted by Gasteiger charge is 2.23. The Hall–Kier alpha value is -2.60. The zero-order valence-corrected chi connectivity index (χ0v) is 21.1. The topological polar surface area (TPSA) is 68.2 Å². The molecule has 1 heterocycles. The molecule has 0 radical (unpaired) electrons. The first kappa shape index (κ1) is 26.7. The van der Waals surface area contributed by atoms with Crippen LogP contribution < -0.4 is 0 Å². The van der Waals surface area contributed by atoms with Crippen LogP contribution in [0.3, 0.4) is 0 Å².